The van der Waals surface area contributed by atoms with Crippen molar-refractivity contribution in [2.75, 3.05) is 0 Å². The van der Waals surface area contributed by atoms with Crippen LogP contribution in [-0.4, -0.2) is 5.78 Å². The standard InChI is InChI=1S/C8H4N2.C3H6O/c9-5-7-3-1-2-4-8(7)6-10;1-3(2)4/h1-4H;1-2H3. The van der Waals surface area contributed by atoms with Gasteiger partial charge in [-0.1, -0.05) is 12.1 Å². The highest BCUT2D eigenvalue weighted by Crippen LogP contribution is 2.03. The molecule has 3 nitrogen and oxygen atoms in total. The quantitative estimate of drug-likeness (QED) is 0.622. The fraction of sp³-hybridized carbons (Fsp3) is 0.182. The monoisotopic (exact) mass is 186 g/mol. The predicted octanol–water partition coefficient (Wildman–Crippen LogP) is 2.03. The minimum atomic E-state index is 0.167. The minimum absolute atomic E-state index is 0.167. The van der Waals surface area contributed by atoms with Gasteiger partial charge in [0.05, 0.1) is 11.1 Å². The summed E-state index contributed by atoms with van der Waals surface area (Å²) in [5.41, 5.74) is 0.870. The van der Waals surface area contributed by atoms with Crippen molar-refractivity contribution in [1.82, 2.24) is 0 Å². The van der Waals surface area contributed by atoms with Crippen molar-refractivity contribution in [2.45, 2.75) is 13.8 Å². The number of carbonyl (C=O) groups excluding carboxylic acids is 1. The lowest BCUT2D eigenvalue weighted by Gasteiger charge is -1.88. The highest BCUT2D eigenvalue weighted by molar-refractivity contribution is 5.72. The van der Waals surface area contributed by atoms with E-state index in [1.165, 1.54) is 13.8 Å². The number of hydrogen-bond donors (Lipinski definition) is 0. The van der Waals surface area contributed by atoms with Crippen molar-refractivity contribution in [3.8, 4) is 12.1 Å². The van der Waals surface area contributed by atoms with Gasteiger partial charge in [0.2, 0.25) is 0 Å². The molecule has 0 unspecified atom stereocenters. The van der Waals surface area contributed by atoms with Crippen molar-refractivity contribution in [3.05, 3.63) is 35.4 Å². The summed E-state index contributed by atoms with van der Waals surface area (Å²) in [4.78, 5) is 9.44. The van der Waals surface area contributed by atoms with Crippen molar-refractivity contribution >= 4 is 5.78 Å². The molecule has 0 aliphatic heterocycles. The maximum atomic E-state index is 9.44. The van der Waals surface area contributed by atoms with Crippen LogP contribution in [0, 0.1) is 22.7 Å². The SMILES string of the molecule is CC(C)=O.N#Cc1ccccc1C#N. The van der Waals surface area contributed by atoms with Gasteiger partial charge in [0.15, 0.2) is 0 Å². The van der Waals surface area contributed by atoms with Crippen LogP contribution in [0.3, 0.4) is 0 Å². The molecule has 0 fully saturated rings. The summed E-state index contributed by atoms with van der Waals surface area (Å²) < 4.78 is 0. The van der Waals surface area contributed by atoms with Gasteiger partial charge >= 0.3 is 0 Å². The van der Waals surface area contributed by atoms with Crippen LogP contribution in [0.2, 0.25) is 0 Å². The molecule has 1 aromatic carbocycles. The van der Waals surface area contributed by atoms with Gasteiger partial charge in [0.1, 0.15) is 17.9 Å². The normalized spacial score (nSPS) is 7.43. The Labute approximate surface area is 83.2 Å². The van der Waals surface area contributed by atoms with Gasteiger partial charge in [-0.15, -0.1) is 0 Å². The molecule has 1 rings (SSSR count). The number of nitriles is 2. The molecule has 0 aliphatic carbocycles. The number of rotatable bonds is 0. The van der Waals surface area contributed by atoms with Gasteiger partial charge in [-0.05, 0) is 26.0 Å². The molecule has 1 aromatic rings. The van der Waals surface area contributed by atoms with Crippen molar-refractivity contribution in [2.24, 2.45) is 0 Å². The van der Waals surface area contributed by atoms with Gasteiger partial charge in [-0.25, -0.2) is 0 Å². The maximum Gasteiger partial charge on any atom is 0.126 e. The highest BCUT2D eigenvalue weighted by atomic mass is 16.1. The van der Waals surface area contributed by atoms with E-state index in [0.29, 0.717) is 11.1 Å². The third kappa shape index (κ3) is 4.69. The van der Waals surface area contributed by atoms with Gasteiger partial charge in [0, 0.05) is 0 Å². The van der Waals surface area contributed by atoms with Gasteiger partial charge < -0.3 is 4.79 Å². The molecule has 0 N–H and O–H groups in total. The Bertz CT molecular complexity index is 359. The summed E-state index contributed by atoms with van der Waals surface area (Å²) in [6.07, 6.45) is 0. The van der Waals surface area contributed by atoms with E-state index in [-0.39, 0.29) is 5.78 Å². The van der Waals surface area contributed by atoms with Gasteiger partial charge in [-0.3, -0.25) is 0 Å². The number of Topliss-reactive ketones (excluding diaryl/α,β-unsaturated/α-hetero) is 1. The Morgan fingerprint density at radius 3 is 1.57 bits per heavy atom. The maximum absolute atomic E-state index is 9.44. The number of carbonyl (C=O) groups is 1. The summed E-state index contributed by atoms with van der Waals surface area (Å²) in [6, 6.07) is 10.6. The van der Waals surface area contributed by atoms with Gasteiger partial charge in [0.25, 0.3) is 0 Å². The highest BCUT2D eigenvalue weighted by Gasteiger charge is 1.95. The molecule has 3 heteroatoms. The lowest BCUT2D eigenvalue weighted by Crippen LogP contribution is -1.79. The van der Waals surface area contributed by atoms with Crippen LogP contribution in [0.5, 0.6) is 0 Å². The smallest absolute Gasteiger partial charge is 0.126 e. The average molecular weight is 186 g/mol. The molecule has 0 heterocycles. The van der Waals surface area contributed by atoms with Crippen LogP contribution in [0.25, 0.3) is 0 Å². The first-order chi connectivity index (χ1) is 6.61. The molecule has 0 bridgehead atoms. The zero-order chi connectivity index (χ0) is 11.0. The molecule has 0 aromatic heterocycles. The molecule has 0 saturated heterocycles. The molecule has 14 heavy (non-hydrogen) atoms. The summed E-state index contributed by atoms with van der Waals surface area (Å²) >= 11 is 0. The van der Waals surface area contributed by atoms with E-state index in [4.69, 9.17) is 10.5 Å². The Morgan fingerprint density at radius 1 is 1.07 bits per heavy atom. The Morgan fingerprint density at radius 2 is 1.36 bits per heavy atom. The second-order valence-corrected chi connectivity index (χ2v) is 2.68. The molecule has 0 amide bonds. The summed E-state index contributed by atoms with van der Waals surface area (Å²) in [5, 5.41) is 16.9. The topological polar surface area (TPSA) is 64.7 Å². The Hall–Kier alpha value is -2.13. The summed E-state index contributed by atoms with van der Waals surface area (Å²) in [7, 11) is 0. The number of nitrogens with zero attached hydrogens (tertiary/aromatic N) is 2. The molecular weight excluding hydrogens is 176 g/mol. The zero-order valence-corrected chi connectivity index (χ0v) is 8.11. The predicted molar refractivity (Wildman–Crippen MR) is 52.2 cm³/mol. The first-order valence-corrected chi connectivity index (χ1v) is 3.98. The fourth-order valence-electron chi connectivity index (χ4n) is 0.678. The average Bonchev–Trinajstić information content (AvgIpc) is 2.17. The van der Waals surface area contributed by atoms with Crippen LogP contribution < -0.4 is 0 Å². The second-order valence-electron chi connectivity index (χ2n) is 2.68. The number of ketones is 1. The number of hydrogen-bond acceptors (Lipinski definition) is 3. The van der Waals surface area contributed by atoms with E-state index in [1.54, 1.807) is 24.3 Å². The molecule has 0 atom stereocenters. The fourth-order valence-corrected chi connectivity index (χ4v) is 0.678. The van der Waals surface area contributed by atoms with Crippen LogP contribution in [0.1, 0.15) is 25.0 Å². The van der Waals surface area contributed by atoms with E-state index in [1.807, 2.05) is 12.1 Å². The molecule has 0 spiro atoms. The molecule has 70 valence electrons. The van der Waals surface area contributed by atoms with E-state index in [9.17, 15) is 4.79 Å². The van der Waals surface area contributed by atoms with Gasteiger partial charge in [-0.2, -0.15) is 10.5 Å². The van der Waals surface area contributed by atoms with E-state index in [2.05, 4.69) is 0 Å². The molecule has 0 saturated carbocycles. The molecular formula is C11H10N2O. The second kappa shape index (κ2) is 6.39. The van der Waals surface area contributed by atoms with E-state index in [0.717, 1.165) is 0 Å². The third-order valence-corrected chi connectivity index (χ3v) is 1.17. The lowest BCUT2D eigenvalue weighted by molar-refractivity contribution is -0.114. The van der Waals surface area contributed by atoms with Crippen molar-refractivity contribution in [3.63, 3.8) is 0 Å². The largest absolute Gasteiger partial charge is 0.300 e. The first kappa shape index (κ1) is 11.9. The van der Waals surface area contributed by atoms with E-state index >= 15 is 0 Å². The van der Waals surface area contributed by atoms with E-state index < -0.39 is 0 Å². The Kier molecular flexibility index (Phi) is 5.42. The first-order valence-electron chi connectivity index (χ1n) is 3.98. The van der Waals surface area contributed by atoms with Crippen molar-refractivity contribution < 1.29 is 4.79 Å². The minimum Gasteiger partial charge on any atom is -0.300 e. The lowest BCUT2D eigenvalue weighted by atomic mass is 10.1. The third-order valence-electron chi connectivity index (χ3n) is 1.17. The van der Waals surface area contributed by atoms with Crippen LogP contribution >= 0.6 is 0 Å². The van der Waals surface area contributed by atoms with Crippen LogP contribution in [0.4, 0.5) is 0 Å². The summed E-state index contributed by atoms with van der Waals surface area (Å²) in [5.74, 6) is 0.167. The van der Waals surface area contributed by atoms with Crippen LogP contribution in [0.15, 0.2) is 24.3 Å². The summed E-state index contributed by atoms with van der Waals surface area (Å²) in [6.45, 7) is 3.06. The van der Waals surface area contributed by atoms with Crippen LogP contribution in [-0.2, 0) is 4.79 Å². The molecule has 0 radical (unpaired) electrons. The zero-order valence-electron chi connectivity index (χ0n) is 8.11. The molecule has 0 aliphatic rings. The number of benzene rings is 1. The Balaban J connectivity index is 0.000000364. The van der Waals surface area contributed by atoms with Crippen molar-refractivity contribution in [1.29, 1.82) is 10.5 Å².